The van der Waals surface area contributed by atoms with E-state index < -0.39 is 11.4 Å². The van der Waals surface area contributed by atoms with E-state index in [4.69, 9.17) is 5.11 Å². The van der Waals surface area contributed by atoms with Gasteiger partial charge >= 0.3 is 5.97 Å². The quantitative estimate of drug-likeness (QED) is 0.882. The van der Waals surface area contributed by atoms with Crippen LogP contribution >= 0.6 is 11.3 Å². The highest BCUT2D eigenvalue weighted by atomic mass is 32.1. The number of nitrogens with one attached hydrogen (secondary N) is 1. The summed E-state index contributed by atoms with van der Waals surface area (Å²) in [5.41, 5.74) is 0.854. The molecule has 6 nitrogen and oxygen atoms in total. The van der Waals surface area contributed by atoms with Gasteiger partial charge in [-0.1, -0.05) is 20.8 Å². The predicted octanol–water partition coefficient (Wildman–Crippen LogP) is 2.38. The number of rotatable bonds is 4. The van der Waals surface area contributed by atoms with Gasteiger partial charge in [-0.25, -0.2) is 0 Å². The molecule has 0 fully saturated rings. The summed E-state index contributed by atoms with van der Waals surface area (Å²) >= 11 is 1.43. The molecule has 0 spiro atoms. The topological polar surface area (TPSA) is 86.7 Å². The monoisotopic (exact) mass is 338 g/mol. The molecular formula is C16H22N2O4S. The Morgan fingerprint density at radius 3 is 2.48 bits per heavy atom. The van der Waals surface area contributed by atoms with Gasteiger partial charge in [0, 0.05) is 17.3 Å². The third kappa shape index (κ3) is 3.72. The van der Waals surface area contributed by atoms with E-state index in [2.05, 4.69) is 5.32 Å². The molecule has 1 aromatic rings. The van der Waals surface area contributed by atoms with E-state index >= 15 is 0 Å². The fourth-order valence-electron chi connectivity index (χ4n) is 2.47. The maximum Gasteiger partial charge on any atom is 0.323 e. The lowest BCUT2D eigenvalue weighted by atomic mass is 9.95. The molecule has 1 heterocycles. The third-order valence-electron chi connectivity index (χ3n) is 3.76. The Morgan fingerprint density at radius 2 is 1.91 bits per heavy atom. The number of likely N-dealkylation sites (N-methyl/N-ethyl adjacent to an activating group) is 1. The van der Waals surface area contributed by atoms with Gasteiger partial charge in [-0.15, -0.1) is 11.3 Å². The number of amides is 2. The molecule has 0 atom stereocenters. The first-order valence-electron chi connectivity index (χ1n) is 7.54. The number of carbonyl (C=O) groups excluding carboxylic acids is 2. The maximum atomic E-state index is 12.7. The van der Waals surface area contributed by atoms with Crippen LogP contribution in [0.4, 0.5) is 5.00 Å². The number of hydrogen-bond acceptors (Lipinski definition) is 4. The van der Waals surface area contributed by atoms with E-state index in [1.54, 1.807) is 0 Å². The molecule has 2 rings (SSSR count). The van der Waals surface area contributed by atoms with Crippen molar-refractivity contribution in [1.29, 1.82) is 0 Å². The second-order valence-corrected chi connectivity index (χ2v) is 7.93. The molecule has 23 heavy (non-hydrogen) atoms. The van der Waals surface area contributed by atoms with Crippen molar-refractivity contribution < 1.29 is 19.5 Å². The van der Waals surface area contributed by atoms with Gasteiger partial charge in [-0.05, 0) is 24.8 Å². The second kappa shape index (κ2) is 6.31. The molecule has 1 aromatic heterocycles. The Kier molecular flexibility index (Phi) is 4.79. The van der Waals surface area contributed by atoms with Crippen LogP contribution in [0.25, 0.3) is 0 Å². The molecule has 0 bridgehead atoms. The van der Waals surface area contributed by atoms with Crippen LogP contribution in [-0.2, 0) is 22.4 Å². The van der Waals surface area contributed by atoms with E-state index in [0.29, 0.717) is 10.6 Å². The van der Waals surface area contributed by atoms with Gasteiger partial charge in [-0.2, -0.15) is 0 Å². The second-order valence-electron chi connectivity index (χ2n) is 6.82. The van der Waals surface area contributed by atoms with Crippen molar-refractivity contribution in [2.24, 2.45) is 5.41 Å². The molecule has 2 N–H and O–H groups in total. The Morgan fingerprint density at radius 1 is 1.26 bits per heavy atom. The van der Waals surface area contributed by atoms with Crippen molar-refractivity contribution in [3.05, 3.63) is 16.0 Å². The van der Waals surface area contributed by atoms with Gasteiger partial charge < -0.3 is 15.3 Å². The standard InChI is InChI=1S/C16H22N2O4S/c1-16(2,3)15(22)17-13-12(9-6-5-7-10(9)23-13)14(21)18(4)8-11(19)20/h5-8H2,1-4H3,(H,17,22)(H,19,20). The Bertz CT molecular complexity index is 658. The van der Waals surface area contributed by atoms with Crippen molar-refractivity contribution in [3.63, 3.8) is 0 Å². The summed E-state index contributed by atoms with van der Waals surface area (Å²) in [6.45, 7) is 5.06. The van der Waals surface area contributed by atoms with E-state index in [0.717, 1.165) is 29.7 Å². The number of carbonyl (C=O) groups is 3. The number of nitrogens with zero attached hydrogens (tertiary/aromatic N) is 1. The average Bonchev–Trinajstić information content (AvgIpc) is 2.96. The number of aliphatic carboxylic acids is 1. The molecule has 0 saturated carbocycles. The van der Waals surface area contributed by atoms with E-state index in [1.807, 2.05) is 20.8 Å². The summed E-state index contributed by atoms with van der Waals surface area (Å²) in [6, 6.07) is 0. The van der Waals surface area contributed by atoms with Gasteiger partial charge in [0.15, 0.2) is 0 Å². The van der Waals surface area contributed by atoms with Crippen molar-refractivity contribution in [3.8, 4) is 0 Å². The number of hydrogen-bond donors (Lipinski definition) is 2. The SMILES string of the molecule is CN(CC(=O)O)C(=O)c1c(NC(=O)C(C)(C)C)sc2c1CCC2. The summed E-state index contributed by atoms with van der Waals surface area (Å²) in [5, 5.41) is 12.3. The minimum atomic E-state index is -1.06. The van der Waals surface area contributed by atoms with Crippen molar-refractivity contribution in [2.45, 2.75) is 40.0 Å². The van der Waals surface area contributed by atoms with Gasteiger partial charge in [0.25, 0.3) is 5.91 Å². The third-order valence-corrected chi connectivity index (χ3v) is 4.97. The van der Waals surface area contributed by atoms with Crippen LogP contribution < -0.4 is 5.32 Å². The highest BCUT2D eigenvalue weighted by molar-refractivity contribution is 7.17. The molecule has 0 saturated heterocycles. The van der Waals surface area contributed by atoms with Crippen LogP contribution in [-0.4, -0.2) is 41.4 Å². The summed E-state index contributed by atoms with van der Waals surface area (Å²) in [4.78, 5) is 38.1. The fourth-order valence-corrected chi connectivity index (χ4v) is 3.75. The summed E-state index contributed by atoms with van der Waals surface area (Å²) < 4.78 is 0. The highest BCUT2D eigenvalue weighted by Crippen LogP contribution is 2.40. The van der Waals surface area contributed by atoms with Crippen LogP contribution in [0, 0.1) is 5.41 Å². The van der Waals surface area contributed by atoms with Crippen molar-refractivity contribution in [2.75, 3.05) is 18.9 Å². The maximum absolute atomic E-state index is 12.7. The molecule has 0 aromatic carbocycles. The van der Waals surface area contributed by atoms with Crippen LogP contribution in [0.15, 0.2) is 0 Å². The first-order chi connectivity index (χ1) is 10.6. The zero-order valence-electron chi connectivity index (χ0n) is 13.9. The molecule has 1 aliphatic rings. The fraction of sp³-hybridized carbons (Fsp3) is 0.562. The van der Waals surface area contributed by atoms with Crippen LogP contribution in [0.3, 0.4) is 0 Å². The molecule has 0 radical (unpaired) electrons. The van der Waals surface area contributed by atoms with E-state index in [-0.39, 0.29) is 18.4 Å². The number of carboxylic acids is 1. The van der Waals surface area contributed by atoms with Crippen molar-refractivity contribution >= 4 is 34.1 Å². The van der Waals surface area contributed by atoms with Gasteiger partial charge in [0.1, 0.15) is 11.5 Å². The number of carboxylic acid groups (broad SMARTS) is 1. The van der Waals surface area contributed by atoms with E-state index in [1.165, 1.54) is 23.3 Å². The predicted molar refractivity (Wildman–Crippen MR) is 89.0 cm³/mol. The summed E-state index contributed by atoms with van der Waals surface area (Å²) in [6.07, 6.45) is 2.67. The first kappa shape index (κ1) is 17.5. The minimum absolute atomic E-state index is 0.160. The number of anilines is 1. The number of thiophene rings is 1. The van der Waals surface area contributed by atoms with E-state index in [9.17, 15) is 14.4 Å². The Balaban J connectivity index is 2.35. The van der Waals surface area contributed by atoms with Crippen LogP contribution in [0.5, 0.6) is 0 Å². The molecule has 7 heteroatoms. The lowest BCUT2D eigenvalue weighted by molar-refractivity contribution is -0.137. The Hall–Kier alpha value is -1.89. The zero-order valence-corrected chi connectivity index (χ0v) is 14.7. The number of fused-ring (bicyclic) bond motifs is 1. The molecular weight excluding hydrogens is 316 g/mol. The lowest BCUT2D eigenvalue weighted by Gasteiger charge is -2.19. The van der Waals surface area contributed by atoms with Crippen LogP contribution in [0.1, 0.15) is 48.0 Å². The van der Waals surface area contributed by atoms with Gasteiger partial charge in [-0.3, -0.25) is 14.4 Å². The molecule has 2 amide bonds. The minimum Gasteiger partial charge on any atom is -0.480 e. The van der Waals surface area contributed by atoms with Gasteiger partial charge in [0.2, 0.25) is 5.91 Å². The highest BCUT2D eigenvalue weighted by Gasteiger charge is 2.31. The largest absolute Gasteiger partial charge is 0.480 e. The number of aryl methyl sites for hydroxylation is 1. The average molecular weight is 338 g/mol. The first-order valence-corrected chi connectivity index (χ1v) is 8.36. The smallest absolute Gasteiger partial charge is 0.323 e. The molecule has 1 aliphatic carbocycles. The normalized spacial score (nSPS) is 13.6. The molecule has 0 unspecified atom stereocenters. The Labute approximate surface area is 139 Å². The zero-order chi connectivity index (χ0) is 17.4. The molecule has 0 aliphatic heterocycles. The summed E-state index contributed by atoms with van der Waals surface area (Å²) in [7, 11) is 1.46. The lowest BCUT2D eigenvalue weighted by Crippen LogP contribution is -2.33. The van der Waals surface area contributed by atoms with Gasteiger partial charge in [0.05, 0.1) is 5.56 Å². The van der Waals surface area contributed by atoms with Crippen molar-refractivity contribution in [1.82, 2.24) is 4.90 Å². The summed E-state index contributed by atoms with van der Waals surface area (Å²) in [5.74, 6) is -1.57. The van der Waals surface area contributed by atoms with Crippen LogP contribution in [0.2, 0.25) is 0 Å². The molecule has 126 valence electrons.